The van der Waals surface area contributed by atoms with Gasteiger partial charge in [-0.1, -0.05) is 24.3 Å². The molecule has 1 aromatic carbocycles. The Labute approximate surface area is 107 Å². The van der Waals surface area contributed by atoms with Gasteiger partial charge in [-0.3, -0.25) is 0 Å². The number of rotatable bonds is 5. The molecule has 3 heteroatoms. The first-order valence-electron chi connectivity index (χ1n) is 6.49. The van der Waals surface area contributed by atoms with E-state index in [9.17, 15) is 0 Å². The first-order chi connectivity index (χ1) is 8.93. The fourth-order valence-corrected chi connectivity index (χ4v) is 2.06. The molecule has 0 spiro atoms. The van der Waals surface area contributed by atoms with E-state index < -0.39 is 0 Å². The lowest BCUT2D eigenvalue weighted by molar-refractivity contribution is 0.639. The van der Waals surface area contributed by atoms with E-state index in [0.717, 1.165) is 30.4 Å². The van der Waals surface area contributed by atoms with Crippen LogP contribution >= 0.6 is 0 Å². The van der Waals surface area contributed by atoms with Gasteiger partial charge in [-0.25, -0.2) is 9.97 Å². The minimum Gasteiger partial charge on any atom is -0.312 e. The summed E-state index contributed by atoms with van der Waals surface area (Å²) >= 11 is 0. The molecule has 3 nitrogen and oxygen atoms in total. The molecule has 0 unspecified atom stereocenters. The van der Waals surface area contributed by atoms with Crippen molar-refractivity contribution in [3.8, 4) is 11.4 Å². The number of benzene rings is 1. The summed E-state index contributed by atoms with van der Waals surface area (Å²) in [7, 11) is 0. The predicted molar refractivity (Wildman–Crippen MR) is 71.9 cm³/mol. The molecule has 1 aromatic heterocycles. The molecule has 1 heterocycles. The summed E-state index contributed by atoms with van der Waals surface area (Å²) in [6.07, 6.45) is 6.35. The van der Waals surface area contributed by atoms with Gasteiger partial charge >= 0.3 is 0 Å². The van der Waals surface area contributed by atoms with Gasteiger partial charge in [0.1, 0.15) is 0 Å². The number of nitrogens with zero attached hydrogens (tertiary/aromatic N) is 2. The molecule has 92 valence electrons. The van der Waals surface area contributed by atoms with E-state index in [2.05, 4.69) is 33.5 Å². The molecule has 0 bridgehead atoms. The van der Waals surface area contributed by atoms with Crippen LogP contribution in [-0.2, 0) is 6.54 Å². The van der Waals surface area contributed by atoms with Crippen LogP contribution < -0.4 is 5.32 Å². The Hall–Kier alpha value is -1.74. The molecule has 0 radical (unpaired) electrons. The third kappa shape index (κ3) is 2.74. The minimum atomic E-state index is 0.807. The average Bonchev–Trinajstić information content (AvgIpc) is 3.25. The Morgan fingerprint density at radius 1 is 1.06 bits per heavy atom. The second kappa shape index (κ2) is 5.27. The molecular formula is C15H17N3. The Bertz CT molecular complexity index is 506. The average molecular weight is 239 g/mol. The molecule has 2 aromatic rings. The van der Waals surface area contributed by atoms with Gasteiger partial charge in [0, 0.05) is 24.5 Å². The zero-order chi connectivity index (χ0) is 12.2. The molecule has 3 rings (SSSR count). The maximum atomic E-state index is 4.33. The smallest absolute Gasteiger partial charge is 0.159 e. The highest BCUT2D eigenvalue weighted by Gasteiger charge is 2.20. The summed E-state index contributed by atoms with van der Waals surface area (Å²) in [5.74, 6) is 1.71. The van der Waals surface area contributed by atoms with E-state index in [-0.39, 0.29) is 0 Å². The molecule has 0 saturated heterocycles. The highest BCUT2D eigenvalue weighted by molar-refractivity contribution is 5.59. The summed E-state index contributed by atoms with van der Waals surface area (Å²) in [6.45, 7) is 2.02. The fraction of sp³-hybridized carbons (Fsp3) is 0.333. The van der Waals surface area contributed by atoms with Gasteiger partial charge < -0.3 is 5.32 Å². The van der Waals surface area contributed by atoms with E-state index >= 15 is 0 Å². The van der Waals surface area contributed by atoms with Crippen LogP contribution in [0.3, 0.4) is 0 Å². The number of hydrogen-bond donors (Lipinski definition) is 1. The van der Waals surface area contributed by atoms with Gasteiger partial charge in [-0.15, -0.1) is 0 Å². The van der Waals surface area contributed by atoms with Crippen LogP contribution in [-0.4, -0.2) is 16.5 Å². The highest BCUT2D eigenvalue weighted by Crippen LogP contribution is 2.28. The van der Waals surface area contributed by atoms with Gasteiger partial charge in [0.05, 0.1) is 0 Å². The van der Waals surface area contributed by atoms with Crippen LogP contribution in [0.1, 0.15) is 18.4 Å². The second-order valence-electron chi connectivity index (χ2n) is 4.80. The molecule has 1 saturated carbocycles. The zero-order valence-corrected chi connectivity index (χ0v) is 10.3. The molecule has 0 aliphatic heterocycles. The van der Waals surface area contributed by atoms with Gasteiger partial charge in [0.2, 0.25) is 0 Å². The highest BCUT2D eigenvalue weighted by atomic mass is 14.9. The number of nitrogens with one attached hydrogen (secondary N) is 1. The SMILES string of the molecule is c1cnc(-c2ccccc2CNCC2CC2)nc1. The van der Waals surface area contributed by atoms with Gasteiger partial charge in [0.25, 0.3) is 0 Å². The Balaban J connectivity index is 1.76. The van der Waals surface area contributed by atoms with Gasteiger partial charge in [-0.05, 0) is 36.9 Å². The van der Waals surface area contributed by atoms with Crippen molar-refractivity contribution in [2.24, 2.45) is 5.92 Å². The van der Waals surface area contributed by atoms with Crippen molar-refractivity contribution in [2.45, 2.75) is 19.4 Å². The number of hydrogen-bond acceptors (Lipinski definition) is 3. The Kier molecular flexibility index (Phi) is 3.33. The van der Waals surface area contributed by atoms with Crippen molar-refractivity contribution in [3.05, 3.63) is 48.3 Å². The van der Waals surface area contributed by atoms with E-state index in [1.807, 2.05) is 12.1 Å². The van der Waals surface area contributed by atoms with E-state index in [1.54, 1.807) is 12.4 Å². The van der Waals surface area contributed by atoms with Crippen LogP contribution in [0.4, 0.5) is 0 Å². The third-order valence-electron chi connectivity index (χ3n) is 3.27. The molecular weight excluding hydrogens is 222 g/mol. The van der Waals surface area contributed by atoms with E-state index in [4.69, 9.17) is 0 Å². The summed E-state index contributed by atoms with van der Waals surface area (Å²) < 4.78 is 0. The van der Waals surface area contributed by atoms with E-state index in [1.165, 1.54) is 18.4 Å². The first-order valence-corrected chi connectivity index (χ1v) is 6.49. The molecule has 1 aliphatic rings. The number of aromatic nitrogens is 2. The fourth-order valence-electron chi connectivity index (χ4n) is 2.06. The van der Waals surface area contributed by atoms with Gasteiger partial charge in [0.15, 0.2) is 5.82 Å². The summed E-state index contributed by atoms with van der Waals surface area (Å²) in [5, 5.41) is 3.52. The van der Waals surface area contributed by atoms with Crippen molar-refractivity contribution in [3.63, 3.8) is 0 Å². The van der Waals surface area contributed by atoms with Crippen molar-refractivity contribution in [1.82, 2.24) is 15.3 Å². The quantitative estimate of drug-likeness (QED) is 0.871. The molecule has 0 atom stereocenters. The molecule has 1 N–H and O–H groups in total. The standard InChI is InChI=1S/C15H17N3/c1-2-5-14(15-17-8-3-9-18-15)13(4-1)11-16-10-12-6-7-12/h1-5,8-9,12,16H,6-7,10-11H2. The van der Waals surface area contributed by atoms with Crippen LogP contribution in [0.2, 0.25) is 0 Å². The van der Waals surface area contributed by atoms with Gasteiger partial charge in [-0.2, -0.15) is 0 Å². The lowest BCUT2D eigenvalue weighted by atomic mass is 10.1. The van der Waals surface area contributed by atoms with Crippen molar-refractivity contribution in [1.29, 1.82) is 0 Å². The predicted octanol–water partition coefficient (Wildman–Crippen LogP) is 2.64. The first kappa shape index (κ1) is 11.4. The van der Waals surface area contributed by atoms with Crippen LogP contribution in [0, 0.1) is 5.92 Å². The Morgan fingerprint density at radius 2 is 1.83 bits per heavy atom. The zero-order valence-electron chi connectivity index (χ0n) is 10.3. The normalized spacial score (nSPS) is 14.7. The molecule has 1 aliphatic carbocycles. The van der Waals surface area contributed by atoms with E-state index in [0.29, 0.717) is 0 Å². The maximum absolute atomic E-state index is 4.33. The van der Waals surface area contributed by atoms with Crippen molar-refractivity contribution < 1.29 is 0 Å². The third-order valence-corrected chi connectivity index (χ3v) is 3.27. The Morgan fingerprint density at radius 3 is 2.61 bits per heavy atom. The largest absolute Gasteiger partial charge is 0.312 e. The maximum Gasteiger partial charge on any atom is 0.159 e. The van der Waals surface area contributed by atoms with Crippen LogP contribution in [0.15, 0.2) is 42.7 Å². The minimum absolute atomic E-state index is 0.807. The molecule has 18 heavy (non-hydrogen) atoms. The van der Waals surface area contributed by atoms with Crippen molar-refractivity contribution in [2.75, 3.05) is 6.54 Å². The summed E-state index contributed by atoms with van der Waals surface area (Å²) in [6, 6.07) is 10.2. The second-order valence-corrected chi connectivity index (χ2v) is 4.80. The summed E-state index contributed by atoms with van der Waals surface area (Å²) in [4.78, 5) is 8.65. The van der Waals surface area contributed by atoms with Crippen LogP contribution in [0.5, 0.6) is 0 Å². The summed E-state index contributed by atoms with van der Waals surface area (Å²) in [5.41, 5.74) is 2.39. The lowest BCUT2D eigenvalue weighted by Crippen LogP contribution is -2.16. The molecule has 0 amide bonds. The van der Waals surface area contributed by atoms with Crippen LogP contribution in [0.25, 0.3) is 11.4 Å². The molecule has 1 fully saturated rings. The topological polar surface area (TPSA) is 37.8 Å². The lowest BCUT2D eigenvalue weighted by Gasteiger charge is -2.09. The monoisotopic (exact) mass is 239 g/mol. The van der Waals surface area contributed by atoms with Crippen molar-refractivity contribution >= 4 is 0 Å².